The van der Waals surface area contributed by atoms with Crippen LogP contribution in [0.25, 0.3) is 0 Å². The SMILES string of the molecule is CC(=O)c1nnc(Nc2ccc(C(=O)N(C)C)c(C)c2)cc1NCc1cccc(F)c1. The van der Waals surface area contributed by atoms with Gasteiger partial charge in [0.2, 0.25) is 0 Å². The molecule has 8 heteroatoms. The van der Waals surface area contributed by atoms with Gasteiger partial charge in [-0.1, -0.05) is 12.1 Å². The van der Waals surface area contributed by atoms with Gasteiger partial charge in [0.25, 0.3) is 5.91 Å². The molecule has 1 aromatic heterocycles. The Morgan fingerprint density at radius 1 is 1.06 bits per heavy atom. The summed E-state index contributed by atoms with van der Waals surface area (Å²) in [6.45, 7) is 3.59. The van der Waals surface area contributed by atoms with E-state index in [1.807, 2.05) is 13.0 Å². The second kappa shape index (κ2) is 9.34. The van der Waals surface area contributed by atoms with Crippen LogP contribution in [0.15, 0.2) is 48.5 Å². The van der Waals surface area contributed by atoms with Gasteiger partial charge >= 0.3 is 0 Å². The first-order chi connectivity index (χ1) is 14.7. The van der Waals surface area contributed by atoms with Gasteiger partial charge < -0.3 is 15.5 Å². The van der Waals surface area contributed by atoms with Gasteiger partial charge in [0, 0.05) is 44.9 Å². The second-order valence-electron chi connectivity index (χ2n) is 7.39. The average molecular weight is 421 g/mol. The maximum Gasteiger partial charge on any atom is 0.253 e. The number of hydrogen-bond donors (Lipinski definition) is 2. The number of benzene rings is 2. The zero-order valence-corrected chi connectivity index (χ0v) is 17.9. The number of carbonyl (C=O) groups is 2. The topological polar surface area (TPSA) is 87.2 Å². The lowest BCUT2D eigenvalue weighted by molar-refractivity contribution is 0.0826. The quantitative estimate of drug-likeness (QED) is 0.557. The highest BCUT2D eigenvalue weighted by Crippen LogP contribution is 2.23. The number of nitrogens with zero attached hydrogens (tertiary/aromatic N) is 3. The Hall–Kier alpha value is -3.81. The van der Waals surface area contributed by atoms with Gasteiger partial charge in [0.15, 0.2) is 17.3 Å². The van der Waals surface area contributed by atoms with E-state index in [4.69, 9.17) is 0 Å². The molecule has 0 spiro atoms. The first-order valence-corrected chi connectivity index (χ1v) is 9.71. The summed E-state index contributed by atoms with van der Waals surface area (Å²) >= 11 is 0. The predicted octanol–water partition coefficient (Wildman–Crippen LogP) is 4.18. The third-order valence-electron chi connectivity index (χ3n) is 4.63. The number of anilines is 3. The number of hydrogen-bond acceptors (Lipinski definition) is 6. The van der Waals surface area contributed by atoms with Crippen LogP contribution in [0.3, 0.4) is 0 Å². The summed E-state index contributed by atoms with van der Waals surface area (Å²) in [5.41, 5.74) is 3.59. The van der Waals surface area contributed by atoms with E-state index in [-0.39, 0.29) is 23.2 Å². The summed E-state index contributed by atoms with van der Waals surface area (Å²) in [5, 5.41) is 14.4. The largest absolute Gasteiger partial charge is 0.379 e. The molecule has 0 bridgehead atoms. The van der Waals surface area contributed by atoms with Crippen molar-refractivity contribution >= 4 is 28.9 Å². The highest BCUT2D eigenvalue weighted by molar-refractivity contribution is 5.98. The van der Waals surface area contributed by atoms with E-state index >= 15 is 0 Å². The summed E-state index contributed by atoms with van der Waals surface area (Å²) in [4.78, 5) is 25.7. The van der Waals surface area contributed by atoms with E-state index in [0.29, 0.717) is 23.6 Å². The van der Waals surface area contributed by atoms with Gasteiger partial charge in [0.1, 0.15) is 5.82 Å². The van der Waals surface area contributed by atoms with Crippen LogP contribution < -0.4 is 10.6 Å². The lowest BCUT2D eigenvalue weighted by Gasteiger charge is -2.15. The lowest BCUT2D eigenvalue weighted by atomic mass is 10.1. The van der Waals surface area contributed by atoms with Crippen LogP contribution in [0.5, 0.6) is 0 Å². The van der Waals surface area contributed by atoms with Gasteiger partial charge in [-0.05, 0) is 48.4 Å². The highest BCUT2D eigenvalue weighted by atomic mass is 19.1. The summed E-state index contributed by atoms with van der Waals surface area (Å²) in [6.07, 6.45) is 0. The van der Waals surface area contributed by atoms with E-state index in [9.17, 15) is 14.0 Å². The zero-order valence-electron chi connectivity index (χ0n) is 17.9. The molecule has 0 radical (unpaired) electrons. The van der Waals surface area contributed by atoms with Gasteiger partial charge in [-0.25, -0.2) is 4.39 Å². The Morgan fingerprint density at radius 3 is 2.48 bits per heavy atom. The Balaban J connectivity index is 1.82. The maximum absolute atomic E-state index is 13.4. The van der Waals surface area contributed by atoms with Crippen molar-refractivity contribution in [1.82, 2.24) is 15.1 Å². The van der Waals surface area contributed by atoms with E-state index in [2.05, 4.69) is 20.8 Å². The predicted molar refractivity (Wildman–Crippen MR) is 118 cm³/mol. The number of amides is 1. The number of halogens is 1. The zero-order chi connectivity index (χ0) is 22.5. The molecule has 0 fully saturated rings. The molecule has 1 amide bonds. The van der Waals surface area contributed by atoms with Gasteiger partial charge in [-0.2, -0.15) is 0 Å². The Kier molecular flexibility index (Phi) is 6.59. The molecule has 2 aromatic carbocycles. The fourth-order valence-electron chi connectivity index (χ4n) is 3.06. The number of carbonyl (C=O) groups excluding carboxylic acids is 2. The Morgan fingerprint density at radius 2 is 1.84 bits per heavy atom. The molecular weight excluding hydrogens is 397 g/mol. The highest BCUT2D eigenvalue weighted by Gasteiger charge is 2.14. The first kappa shape index (κ1) is 21.9. The molecular formula is C23H24FN5O2. The molecule has 31 heavy (non-hydrogen) atoms. The van der Waals surface area contributed by atoms with Crippen LogP contribution in [0.1, 0.15) is 38.9 Å². The van der Waals surface area contributed by atoms with Crippen molar-refractivity contribution in [3.8, 4) is 0 Å². The number of Topliss-reactive ketones (excluding diaryl/α,β-unsaturated/α-hetero) is 1. The van der Waals surface area contributed by atoms with E-state index in [1.54, 1.807) is 44.4 Å². The minimum Gasteiger partial charge on any atom is -0.379 e. The van der Waals surface area contributed by atoms with Gasteiger partial charge in [-0.15, -0.1) is 10.2 Å². The number of aromatic nitrogens is 2. The van der Waals surface area contributed by atoms with E-state index in [0.717, 1.165) is 16.8 Å². The van der Waals surface area contributed by atoms with Crippen molar-refractivity contribution in [2.45, 2.75) is 20.4 Å². The van der Waals surface area contributed by atoms with Crippen molar-refractivity contribution in [2.24, 2.45) is 0 Å². The fraction of sp³-hybridized carbons (Fsp3) is 0.217. The Labute approximate surface area is 180 Å². The fourth-order valence-corrected chi connectivity index (χ4v) is 3.06. The monoisotopic (exact) mass is 421 g/mol. The third kappa shape index (κ3) is 5.42. The smallest absolute Gasteiger partial charge is 0.253 e. The van der Waals surface area contributed by atoms with Crippen LogP contribution in [0.4, 0.5) is 21.6 Å². The molecule has 0 atom stereocenters. The molecule has 0 saturated heterocycles. The minimum atomic E-state index is -0.326. The van der Waals surface area contributed by atoms with Crippen LogP contribution in [0, 0.1) is 12.7 Å². The maximum atomic E-state index is 13.4. The molecule has 160 valence electrons. The molecule has 0 unspecified atom stereocenters. The van der Waals surface area contributed by atoms with Crippen LogP contribution in [-0.4, -0.2) is 40.9 Å². The molecule has 1 heterocycles. The molecule has 2 N–H and O–H groups in total. The first-order valence-electron chi connectivity index (χ1n) is 9.71. The lowest BCUT2D eigenvalue weighted by Crippen LogP contribution is -2.22. The van der Waals surface area contributed by atoms with Crippen LogP contribution in [0.2, 0.25) is 0 Å². The van der Waals surface area contributed by atoms with Gasteiger partial charge in [0.05, 0.1) is 5.69 Å². The number of nitrogens with one attached hydrogen (secondary N) is 2. The van der Waals surface area contributed by atoms with Crippen LogP contribution in [-0.2, 0) is 6.54 Å². The normalized spacial score (nSPS) is 10.5. The molecule has 3 rings (SSSR count). The average Bonchev–Trinajstić information content (AvgIpc) is 2.72. The van der Waals surface area contributed by atoms with E-state index in [1.165, 1.54) is 24.0 Å². The molecule has 0 aliphatic carbocycles. The number of rotatable bonds is 7. The van der Waals surface area contributed by atoms with Crippen molar-refractivity contribution in [1.29, 1.82) is 0 Å². The van der Waals surface area contributed by atoms with Crippen LogP contribution >= 0.6 is 0 Å². The molecule has 0 aliphatic heterocycles. The summed E-state index contributed by atoms with van der Waals surface area (Å²) < 4.78 is 13.4. The van der Waals surface area contributed by atoms with Gasteiger partial charge in [-0.3, -0.25) is 9.59 Å². The van der Waals surface area contributed by atoms with Crippen molar-refractivity contribution in [2.75, 3.05) is 24.7 Å². The van der Waals surface area contributed by atoms with E-state index < -0.39 is 0 Å². The summed E-state index contributed by atoms with van der Waals surface area (Å²) in [5.74, 6) is -0.202. The second-order valence-corrected chi connectivity index (χ2v) is 7.39. The number of ketones is 1. The molecule has 0 saturated carbocycles. The van der Waals surface area contributed by atoms with Crippen molar-refractivity contribution < 1.29 is 14.0 Å². The standard InChI is InChI=1S/C23H24FN5O2/c1-14-10-18(8-9-19(14)23(31)29(3)4)26-21-12-20(22(15(2)30)28-27-21)25-13-16-6-5-7-17(24)11-16/h5-12H,13H2,1-4H3,(H2,25,26,27). The molecule has 3 aromatic rings. The van der Waals surface area contributed by atoms with Crippen molar-refractivity contribution in [3.63, 3.8) is 0 Å². The molecule has 0 aliphatic rings. The van der Waals surface area contributed by atoms with Crippen molar-refractivity contribution in [3.05, 3.63) is 76.7 Å². The third-order valence-corrected chi connectivity index (χ3v) is 4.63. The summed E-state index contributed by atoms with van der Waals surface area (Å²) in [6, 6.07) is 13.3. The summed E-state index contributed by atoms with van der Waals surface area (Å²) in [7, 11) is 3.41. The number of aryl methyl sites for hydroxylation is 1. The molecule has 7 nitrogen and oxygen atoms in total. The Bertz CT molecular complexity index is 1130. The minimum absolute atomic E-state index is 0.0708.